The van der Waals surface area contributed by atoms with Gasteiger partial charge in [0, 0.05) is 36.6 Å². The molecular formula is C19H29BrIN3O2. The summed E-state index contributed by atoms with van der Waals surface area (Å²) in [5.74, 6) is 0.803. The Labute approximate surface area is 182 Å². The first kappa shape index (κ1) is 23.2. The molecule has 0 spiro atoms. The van der Waals surface area contributed by atoms with Crippen molar-refractivity contribution in [2.24, 2.45) is 10.9 Å². The zero-order chi connectivity index (χ0) is 18.4. The number of carbonyl (C=O) groups is 1. The number of carbonyl (C=O) groups excluding carboxylic acids is 1. The third-order valence-electron chi connectivity index (χ3n) is 4.83. The van der Waals surface area contributed by atoms with Crippen molar-refractivity contribution in [2.75, 3.05) is 33.8 Å². The molecule has 1 aliphatic rings. The van der Waals surface area contributed by atoms with E-state index in [0.29, 0.717) is 0 Å². The molecule has 0 radical (unpaired) electrons. The molecule has 7 heteroatoms. The zero-order valence-electron chi connectivity index (χ0n) is 15.9. The second kappa shape index (κ2) is 10.5. The number of benzene rings is 1. The van der Waals surface area contributed by atoms with Gasteiger partial charge >= 0.3 is 5.97 Å². The SMILES string of the molecule is CN=C(NCC(C)(C)c1ccccc1Br)N1CCC(C(=O)OC)CC1.I. The van der Waals surface area contributed by atoms with E-state index in [1.807, 2.05) is 6.07 Å². The fourth-order valence-corrected chi connectivity index (χ4v) is 4.05. The molecule has 0 atom stereocenters. The number of hydrogen-bond donors (Lipinski definition) is 1. The average Bonchev–Trinajstić information content (AvgIpc) is 2.62. The van der Waals surface area contributed by atoms with Gasteiger partial charge in [-0.05, 0) is 24.5 Å². The Bertz CT molecular complexity index is 629. The predicted octanol–water partition coefficient (Wildman–Crippen LogP) is 3.81. The molecule has 0 saturated carbocycles. The van der Waals surface area contributed by atoms with Crippen LogP contribution in [0.4, 0.5) is 0 Å². The van der Waals surface area contributed by atoms with E-state index in [1.165, 1.54) is 12.7 Å². The molecule has 0 bridgehead atoms. The van der Waals surface area contributed by atoms with Crippen molar-refractivity contribution in [3.05, 3.63) is 34.3 Å². The second-order valence-electron chi connectivity index (χ2n) is 7.05. The third kappa shape index (κ3) is 5.84. The molecule has 26 heavy (non-hydrogen) atoms. The molecule has 1 saturated heterocycles. The lowest BCUT2D eigenvalue weighted by molar-refractivity contribution is -0.146. The Hall–Kier alpha value is -0.830. The highest BCUT2D eigenvalue weighted by Crippen LogP contribution is 2.29. The molecular weight excluding hydrogens is 509 g/mol. The van der Waals surface area contributed by atoms with Gasteiger partial charge in [0.2, 0.25) is 0 Å². The summed E-state index contributed by atoms with van der Waals surface area (Å²) in [6, 6.07) is 8.32. The van der Waals surface area contributed by atoms with Crippen LogP contribution in [0, 0.1) is 5.92 Å². The van der Waals surface area contributed by atoms with Gasteiger partial charge in [-0.3, -0.25) is 9.79 Å². The Morgan fingerprint density at radius 2 is 1.96 bits per heavy atom. The van der Waals surface area contributed by atoms with Crippen LogP contribution in [-0.4, -0.2) is 50.6 Å². The van der Waals surface area contributed by atoms with Crippen LogP contribution in [0.15, 0.2) is 33.7 Å². The van der Waals surface area contributed by atoms with E-state index >= 15 is 0 Å². The first-order chi connectivity index (χ1) is 11.9. The van der Waals surface area contributed by atoms with Gasteiger partial charge in [-0.25, -0.2) is 0 Å². The molecule has 146 valence electrons. The third-order valence-corrected chi connectivity index (χ3v) is 5.52. The van der Waals surface area contributed by atoms with E-state index in [-0.39, 0.29) is 41.3 Å². The molecule has 1 aliphatic heterocycles. The molecule has 1 heterocycles. The standard InChI is InChI=1S/C19H28BrN3O2.HI/c1-19(2,15-7-5-6-8-16(15)20)13-22-18(21-3)23-11-9-14(10-12-23)17(24)25-4;/h5-8,14H,9-13H2,1-4H3,(H,21,22);1H. The lowest BCUT2D eigenvalue weighted by Crippen LogP contribution is -2.49. The van der Waals surface area contributed by atoms with Crippen molar-refractivity contribution in [1.82, 2.24) is 10.2 Å². The molecule has 1 aromatic carbocycles. The van der Waals surface area contributed by atoms with Crippen LogP contribution < -0.4 is 5.32 Å². The number of halogens is 2. The molecule has 0 amide bonds. The number of piperidine rings is 1. The summed E-state index contributed by atoms with van der Waals surface area (Å²) in [4.78, 5) is 18.3. The summed E-state index contributed by atoms with van der Waals surface area (Å²) in [5, 5.41) is 3.50. The van der Waals surface area contributed by atoms with E-state index < -0.39 is 0 Å². The molecule has 2 rings (SSSR count). The number of rotatable bonds is 4. The molecule has 1 N–H and O–H groups in total. The Morgan fingerprint density at radius 3 is 2.50 bits per heavy atom. The van der Waals surface area contributed by atoms with Gasteiger partial charge in [0.25, 0.3) is 0 Å². The van der Waals surface area contributed by atoms with Crippen molar-refractivity contribution < 1.29 is 9.53 Å². The lowest BCUT2D eigenvalue weighted by Gasteiger charge is -2.35. The number of guanidine groups is 1. The number of aliphatic imine (C=N–C) groups is 1. The fraction of sp³-hybridized carbons (Fsp3) is 0.579. The van der Waals surface area contributed by atoms with Crippen molar-refractivity contribution in [2.45, 2.75) is 32.1 Å². The van der Waals surface area contributed by atoms with Crippen LogP contribution >= 0.6 is 39.9 Å². The number of likely N-dealkylation sites (tertiary alicyclic amines) is 1. The first-order valence-electron chi connectivity index (χ1n) is 8.67. The number of hydrogen-bond acceptors (Lipinski definition) is 3. The van der Waals surface area contributed by atoms with Crippen LogP contribution in [0.1, 0.15) is 32.3 Å². The monoisotopic (exact) mass is 537 g/mol. The number of methoxy groups -OCH3 is 1. The van der Waals surface area contributed by atoms with E-state index in [4.69, 9.17) is 4.74 Å². The summed E-state index contributed by atoms with van der Waals surface area (Å²) in [6.07, 6.45) is 1.61. The van der Waals surface area contributed by atoms with Gasteiger partial charge in [0.15, 0.2) is 5.96 Å². The quantitative estimate of drug-likeness (QED) is 0.275. The van der Waals surface area contributed by atoms with Crippen LogP contribution in [0.5, 0.6) is 0 Å². The smallest absolute Gasteiger partial charge is 0.308 e. The maximum atomic E-state index is 11.7. The molecule has 5 nitrogen and oxygen atoms in total. The Morgan fingerprint density at radius 1 is 1.35 bits per heavy atom. The van der Waals surface area contributed by atoms with Crippen LogP contribution in [0.25, 0.3) is 0 Å². The summed E-state index contributed by atoms with van der Waals surface area (Å²) >= 11 is 3.65. The normalized spacial score (nSPS) is 16.0. The number of esters is 1. The van der Waals surface area contributed by atoms with E-state index in [0.717, 1.165) is 42.9 Å². The summed E-state index contributed by atoms with van der Waals surface area (Å²) in [5.41, 5.74) is 1.22. The van der Waals surface area contributed by atoms with Gasteiger partial charge in [0.1, 0.15) is 0 Å². The highest BCUT2D eigenvalue weighted by Gasteiger charge is 2.28. The highest BCUT2D eigenvalue weighted by molar-refractivity contribution is 14.0. The number of nitrogens with one attached hydrogen (secondary N) is 1. The minimum Gasteiger partial charge on any atom is -0.469 e. The largest absolute Gasteiger partial charge is 0.469 e. The van der Waals surface area contributed by atoms with Crippen molar-refractivity contribution in [3.8, 4) is 0 Å². The minimum absolute atomic E-state index is 0. The predicted molar refractivity (Wildman–Crippen MR) is 120 cm³/mol. The average molecular weight is 538 g/mol. The summed E-state index contributed by atoms with van der Waals surface area (Å²) in [6.45, 7) is 6.84. The number of nitrogens with zero attached hydrogens (tertiary/aromatic N) is 2. The van der Waals surface area contributed by atoms with E-state index in [1.54, 1.807) is 7.05 Å². The van der Waals surface area contributed by atoms with Crippen LogP contribution in [0.3, 0.4) is 0 Å². The highest BCUT2D eigenvalue weighted by atomic mass is 127. The maximum Gasteiger partial charge on any atom is 0.308 e. The number of ether oxygens (including phenoxy) is 1. The zero-order valence-corrected chi connectivity index (χ0v) is 19.8. The van der Waals surface area contributed by atoms with E-state index in [2.05, 4.69) is 63.2 Å². The second-order valence-corrected chi connectivity index (χ2v) is 7.90. The minimum atomic E-state index is -0.0994. The van der Waals surface area contributed by atoms with Crippen molar-refractivity contribution >= 4 is 51.8 Å². The van der Waals surface area contributed by atoms with Gasteiger partial charge in [-0.1, -0.05) is 48.0 Å². The summed E-state index contributed by atoms with van der Waals surface area (Å²) in [7, 11) is 3.26. The maximum absolute atomic E-state index is 11.7. The topological polar surface area (TPSA) is 53.9 Å². The van der Waals surface area contributed by atoms with Gasteiger partial charge in [-0.15, -0.1) is 24.0 Å². The van der Waals surface area contributed by atoms with Crippen molar-refractivity contribution in [1.29, 1.82) is 0 Å². The van der Waals surface area contributed by atoms with Crippen LogP contribution in [-0.2, 0) is 14.9 Å². The molecule has 1 fully saturated rings. The lowest BCUT2D eigenvalue weighted by atomic mass is 9.84. The Kier molecular flexibility index (Phi) is 9.36. The molecule has 0 aliphatic carbocycles. The molecule has 0 unspecified atom stereocenters. The van der Waals surface area contributed by atoms with Crippen molar-refractivity contribution in [3.63, 3.8) is 0 Å². The van der Waals surface area contributed by atoms with Gasteiger partial charge in [0.05, 0.1) is 13.0 Å². The summed E-state index contributed by atoms with van der Waals surface area (Å²) < 4.78 is 5.98. The molecule has 0 aromatic heterocycles. The van der Waals surface area contributed by atoms with Gasteiger partial charge in [-0.2, -0.15) is 0 Å². The van der Waals surface area contributed by atoms with Crippen LogP contribution in [0.2, 0.25) is 0 Å². The van der Waals surface area contributed by atoms with E-state index in [9.17, 15) is 4.79 Å². The fourth-order valence-electron chi connectivity index (χ4n) is 3.23. The first-order valence-corrected chi connectivity index (χ1v) is 9.46. The van der Waals surface area contributed by atoms with Gasteiger partial charge < -0.3 is 15.0 Å². The Balaban J connectivity index is 0.00000338. The molecule has 1 aromatic rings.